The van der Waals surface area contributed by atoms with E-state index in [9.17, 15) is 14.4 Å². The lowest BCUT2D eigenvalue weighted by Crippen LogP contribution is -2.55. The van der Waals surface area contributed by atoms with Crippen LogP contribution in [0.4, 0.5) is 4.79 Å². The number of alkyl carbamates (subject to hydrolysis) is 1. The van der Waals surface area contributed by atoms with Gasteiger partial charge in [0.2, 0.25) is 11.8 Å². The van der Waals surface area contributed by atoms with Crippen molar-refractivity contribution in [2.24, 2.45) is 5.92 Å². The molecular formula is C25H35N3O4. The van der Waals surface area contributed by atoms with Crippen LogP contribution in [0.25, 0.3) is 0 Å². The van der Waals surface area contributed by atoms with E-state index >= 15 is 0 Å². The first kappa shape index (κ1) is 26.8. The Hall–Kier alpha value is -3.27. The molecule has 0 spiro atoms. The van der Waals surface area contributed by atoms with Crippen molar-refractivity contribution < 1.29 is 19.1 Å². The fraction of sp³-hybridized carbons (Fsp3) is 0.480. The molecule has 3 atom stereocenters. The molecule has 0 saturated heterocycles. The minimum Gasteiger partial charge on any atom is -0.445 e. The predicted molar refractivity (Wildman–Crippen MR) is 125 cm³/mol. The van der Waals surface area contributed by atoms with Gasteiger partial charge >= 0.3 is 6.09 Å². The Labute approximate surface area is 191 Å². The highest BCUT2D eigenvalue weighted by atomic mass is 16.5. The number of hydrogen-bond acceptors (Lipinski definition) is 4. The van der Waals surface area contributed by atoms with E-state index in [0.29, 0.717) is 18.4 Å². The second kappa shape index (κ2) is 13.9. The zero-order valence-corrected chi connectivity index (χ0v) is 19.4. The first-order valence-electron chi connectivity index (χ1n) is 10.9. The summed E-state index contributed by atoms with van der Waals surface area (Å²) >= 11 is 0. The molecule has 3 N–H and O–H groups in total. The summed E-state index contributed by atoms with van der Waals surface area (Å²) < 4.78 is 5.20. The maximum Gasteiger partial charge on any atom is 0.408 e. The summed E-state index contributed by atoms with van der Waals surface area (Å²) in [6.45, 7) is 11.4. The third kappa shape index (κ3) is 9.69. The maximum absolute atomic E-state index is 12.9. The topological polar surface area (TPSA) is 96.5 Å². The van der Waals surface area contributed by atoms with Gasteiger partial charge in [-0.3, -0.25) is 9.59 Å². The van der Waals surface area contributed by atoms with Crippen molar-refractivity contribution >= 4 is 17.9 Å². The third-order valence-corrected chi connectivity index (χ3v) is 4.67. The second-order valence-corrected chi connectivity index (χ2v) is 8.19. The highest BCUT2D eigenvalue weighted by Crippen LogP contribution is 2.09. The van der Waals surface area contributed by atoms with E-state index < -0.39 is 30.1 Å². The predicted octanol–water partition coefficient (Wildman–Crippen LogP) is 3.31. The number of carbonyl (C=O) groups is 3. The van der Waals surface area contributed by atoms with E-state index in [0.717, 1.165) is 12.0 Å². The first-order valence-corrected chi connectivity index (χ1v) is 10.9. The molecule has 0 bridgehead atoms. The smallest absolute Gasteiger partial charge is 0.408 e. The Kier molecular flexibility index (Phi) is 11.6. The zero-order chi connectivity index (χ0) is 24.1. The standard InChI is InChI=1S/C25H35N3O4/c1-7-12-20(8-2)26-23(29)21(15-17(3)4)27-24(30)22(18(5)6)28-25(31)32-16-19-13-10-9-11-14-19/h2,9-11,13-14,17,20-22H,5,7,12,15-16H2,1,3-4,6H3,(H,26,29)(H,27,30)(H,28,31)/t20-,21+,22+/m1/s1. The van der Waals surface area contributed by atoms with E-state index in [1.54, 1.807) is 6.92 Å². The van der Waals surface area contributed by atoms with Crippen molar-refractivity contribution in [2.75, 3.05) is 0 Å². The van der Waals surface area contributed by atoms with Crippen LogP contribution in [-0.4, -0.2) is 36.0 Å². The Morgan fingerprint density at radius 1 is 1.09 bits per heavy atom. The number of amides is 3. The van der Waals surface area contributed by atoms with E-state index in [-0.39, 0.29) is 18.4 Å². The Morgan fingerprint density at radius 3 is 2.28 bits per heavy atom. The van der Waals surface area contributed by atoms with Gasteiger partial charge in [0.05, 0.1) is 6.04 Å². The van der Waals surface area contributed by atoms with Gasteiger partial charge < -0.3 is 20.7 Å². The lowest BCUT2D eigenvalue weighted by molar-refractivity contribution is -0.130. The number of rotatable bonds is 12. The number of nitrogens with one attached hydrogen (secondary N) is 3. The van der Waals surface area contributed by atoms with Crippen LogP contribution in [0.3, 0.4) is 0 Å². The molecule has 1 rings (SSSR count). The highest BCUT2D eigenvalue weighted by Gasteiger charge is 2.29. The highest BCUT2D eigenvalue weighted by molar-refractivity contribution is 5.93. The molecule has 0 aliphatic heterocycles. The van der Waals surface area contributed by atoms with Gasteiger partial charge in [-0.25, -0.2) is 4.79 Å². The minimum absolute atomic E-state index is 0.0699. The van der Waals surface area contributed by atoms with Crippen LogP contribution in [0.2, 0.25) is 0 Å². The van der Waals surface area contributed by atoms with Crippen molar-refractivity contribution in [3.05, 3.63) is 48.0 Å². The summed E-state index contributed by atoms with van der Waals surface area (Å²) in [4.78, 5) is 37.9. The molecule has 3 amide bonds. The Morgan fingerprint density at radius 2 is 1.75 bits per heavy atom. The Balaban J connectivity index is 2.79. The van der Waals surface area contributed by atoms with Gasteiger partial charge in [-0.15, -0.1) is 6.42 Å². The molecule has 0 aliphatic rings. The molecule has 0 aliphatic carbocycles. The zero-order valence-electron chi connectivity index (χ0n) is 19.4. The van der Waals surface area contributed by atoms with Gasteiger partial charge in [0.25, 0.3) is 0 Å². The van der Waals surface area contributed by atoms with Crippen LogP contribution in [0.5, 0.6) is 0 Å². The molecule has 0 fully saturated rings. The molecule has 0 unspecified atom stereocenters. The van der Waals surface area contributed by atoms with Gasteiger partial charge in [-0.2, -0.15) is 0 Å². The summed E-state index contributed by atoms with van der Waals surface area (Å²) in [6, 6.07) is 6.96. The van der Waals surface area contributed by atoms with Gasteiger partial charge in [-0.05, 0) is 36.8 Å². The van der Waals surface area contributed by atoms with Crippen molar-refractivity contribution in [3.8, 4) is 12.3 Å². The minimum atomic E-state index is -1.04. The SMILES string of the molecule is C#C[C@H](CCC)NC(=O)[C@H](CC(C)C)NC(=O)[C@@H](NC(=O)OCc1ccccc1)C(=C)C. The largest absolute Gasteiger partial charge is 0.445 e. The van der Waals surface area contributed by atoms with Gasteiger partial charge in [0.15, 0.2) is 0 Å². The fourth-order valence-corrected chi connectivity index (χ4v) is 3.01. The average Bonchev–Trinajstić information content (AvgIpc) is 2.75. The molecule has 7 heteroatoms. The van der Waals surface area contributed by atoms with Crippen LogP contribution < -0.4 is 16.0 Å². The summed E-state index contributed by atoms with van der Waals surface area (Å²) in [5.74, 6) is 1.81. The third-order valence-electron chi connectivity index (χ3n) is 4.67. The van der Waals surface area contributed by atoms with Gasteiger partial charge in [0.1, 0.15) is 18.7 Å². The first-order chi connectivity index (χ1) is 15.2. The normalized spacial score (nSPS) is 13.2. The van der Waals surface area contributed by atoms with Gasteiger partial charge in [0, 0.05) is 0 Å². The number of terminal acetylenes is 1. The van der Waals surface area contributed by atoms with Crippen LogP contribution >= 0.6 is 0 Å². The molecular weight excluding hydrogens is 406 g/mol. The summed E-state index contributed by atoms with van der Waals surface area (Å²) in [5, 5.41) is 8.05. The van der Waals surface area contributed by atoms with E-state index in [4.69, 9.17) is 11.2 Å². The second-order valence-electron chi connectivity index (χ2n) is 8.19. The lowest BCUT2D eigenvalue weighted by atomic mass is 10.0. The average molecular weight is 442 g/mol. The summed E-state index contributed by atoms with van der Waals surface area (Å²) in [5.41, 5.74) is 1.23. The molecule has 1 aromatic rings. The summed E-state index contributed by atoms with van der Waals surface area (Å²) in [6.07, 6.45) is 6.63. The Bertz CT molecular complexity index is 814. The molecule has 0 radical (unpaired) electrons. The quantitative estimate of drug-likeness (QED) is 0.342. The van der Waals surface area contributed by atoms with Crippen LogP contribution in [0, 0.1) is 18.3 Å². The molecule has 1 aromatic carbocycles. The van der Waals surface area contributed by atoms with Crippen molar-refractivity contribution in [1.82, 2.24) is 16.0 Å². The molecule has 0 heterocycles. The van der Waals surface area contributed by atoms with Crippen LogP contribution in [-0.2, 0) is 20.9 Å². The fourth-order valence-electron chi connectivity index (χ4n) is 3.01. The van der Waals surface area contributed by atoms with Crippen molar-refractivity contribution in [2.45, 2.75) is 71.7 Å². The monoisotopic (exact) mass is 441 g/mol. The maximum atomic E-state index is 12.9. The van der Waals surface area contributed by atoms with Gasteiger partial charge in [-0.1, -0.05) is 70.0 Å². The van der Waals surface area contributed by atoms with Crippen LogP contribution in [0.15, 0.2) is 42.5 Å². The van der Waals surface area contributed by atoms with Crippen molar-refractivity contribution in [3.63, 3.8) is 0 Å². The number of hydrogen-bond donors (Lipinski definition) is 3. The lowest BCUT2D eigenvalue weighted by Gasteiger charge is -2.25. The number of benzene rings is 1. The number of ether oxygens (including phenoxy) is 1. The molecule has 32 heavy (non-hydrogen) atoms. The van der Waals surface area contributed by atoms with E-state index in [1.165, 1.54) is 0 Å². The molecule has 174 valence electrons. The molecule has 0 saturated carbocycles. The van der Waals surface area contributed by atoms with Crippen molar-refractivity contribution in [1.29, 1.82) is 0 Å². The summed E-state index contributed by atoms with van der Waals surface area (Å²) in [7, 11) is 0. The number of carbonyl (C=O) groups excluding carboxylic acids is 3. The van der Waals surface area contributed by atoms with E-state index in [1.807, 2.05) is 51.1 Å². The molecule has 0 aromatic heterocycles. The van der Waals surface area contributed by atoms with E-state index in [2.05, 4.69) is 28.4 Å². The van der Waals surface area contributed by atoms with Crippen LogP contribution in [0.1, 0.15) is 52.5 Å². The molecule has 7 nitrogen and oxygen atoms in total.